The summed E-state index contributed by atoms with van der Waals surface area (Å²) in [6.45, 7) is 6.97. The van der Waals surface area contributed by atoms with E-state index in [0.717, 1.165) is 24.7 Å². The minimum atomic E-state index is -0.846. The van der Waals surface area contributed by atoms with Crippen LogP contribution in [0.2, 0.25) is 0 Å². The van der Waals surface area contributed by atoms with Crippen LogP contribution in [0.1, 0.15) is 31.0 Å². The highest BCUT2D eigenvalue weighted by Crippen LogP contribution is 2.19. The maximum absolute atomic E-state index is 13.5. The molecule has 0 saturated carbocycles. The highest BCUT2D eigenvalue weighted by molar-refractivity contribution is 5.80. The minimum Gasteiger partial charge on any atom is -0.364 e. The van der Waals surface area contributed by atoms with Gasteiger partial charge in [-0.15, -0.1) is 0 Å². The molecule has 0 fully saturated rings. The van der Waals surface area contributed by atoms with E-state index in [9.17, 15) is 8.78 Å². The zero-order valence-corrected chi connectivity index (χ0v) is 16.3. The third kappa shape index (κ3) is 5.09. The number of guanidine groups is 1. The van der Waals surface area contributed by atoms with Crippen LogP contribution in [0.25, 0.3) is 0 Å². The van der Waals surface area contributed by atoms with Gasteiger partial charge in [0.25, 0.3) is 0 Å². The number of nitrogens with zero attached hydrogens (tertiary/aromatic N) is 2. The Morgan fingerprint density at radius 2 is 1.89 bits per heavy atom. The van der Waals surface area contributed by atoms with E-state index in [1.54, 1.807) is 6.07 Å². The molecule has 1 heterocycles. The number of aliphatic imine (C=N–C) groups is 1. The van der Waals surface area contributed by atoms with Gasteiger partial charge in [0.2, 0.25) is 0 Å². The molecule has 1 unspecified atom stereocenters. The number of hydrogen-bond acceptors (Lipinski definition) is 2. The van der Waals surface area contributed by atoms with Crippen LogP contribution < -0.4 is 15.5 Å². The number of halogens is 2. The highest BCUT2D eigenvalue weighted by Gasteiger charge is 2.11. The molecule has 148 valence electrons. The van der Waals surface area contributed by atoms with Gasteiger partial charge < -0.3 is 15.5 Å². The normalized spacial score (nSPS) is 15.0. The summed E-state index contributed by atoms with van der Waals surface area (Å²) in [4.78, 5) is 6.94. The monoisotopic (exact) mass is 384 g/mol. The Morgan fingerprint density at radius 1 is 1.11 bits per heavy atom. The van der Waals surface area contributed by atoms with Crippen LogP contribution in [-0.4, -0.2) is 25.6 Å². The predicted octanol–water partition coefficient (Wildman–Crippen LogP) is 4.16. The molecule has 3 rings (SSSR count). The molecule has 28 heavy (non-hydrogen) atoms. The van der Waals surface area contributed by atoms with Gasteiger partial charge in [-0.3, -0.25) is 0 Å². The third-order valence-electron chi connectivity index (χ3n) is 4.65. The van der Waals surface area contributed by atoms with Crippen molar-refractivity contribution >= 4 is 11.6 Å². The molecule has 4 nitrogen and oxygen atoms in total. The van der Waals surface area contributed by atoms with Crippen molar-refractivity contribution in [2.24, 2.45) is 4.99 Å². The van der Waals surface area contributed by atoms with Crippen LogP contribution in [0, 0.1) is 11.6 Å². The molecule has 1 atom stereocenters. The van der Waals surface area contributed by atoms with Gasteiger partial charge in [-0.1, -0.05) is 30.4 Å². The molecule has 2 N–H and O–H groups in total. The topological polar surface area (TPSA) is 39.7 Å². The lowest BCUT2D eigenvalue weighted by Gasteiger charge is -2.19. The van der Waals surface area contributed by atoms with E-state index in [0.29, 0.717) is 24.6 Å². The lowest BCUT2D eigenvalue weighted by atomic mass is 10.1. The largest absolute Gasteiger partial charge is 0.364 e. The minimum absolute atomic E-state index is 0.213. The second kappa shape index (κ2) is 9.35. The van der Waals surface area contributed by atoms with Gasteiger partial charge in [-0.25, -0.2) is 13.8 Å². The maximum Gasteiger partial charge on any atom is 0.192 e. The van der Waals surface area contributed by atoms with E-state index in [4.69, 9.17) is 0 Å². The summed E-state index contributed by atoms with van der Waals surface area (Å²) in [5, 5.41) is 6.45. The SMILES string of the molecule is CCNC(=NCc1cccc(N2CC=CC2)c1)NC(C)c1ccc(F)c(F)c1. The lowest BCUT2D eigenvalue weighted by molar-refractivity contribution is 0.504. The number of hydrogen-bond donors (Lipinski definition) is 2. The predicted molar refractivity (Wildman–Crippen MR) is 111 cm³/mol. The Balaban J connectivity index is 1.68. The molecule has 2 aromatic rings. The van der Waals surface area contributed by atoms with Gasteiger partial charge in [-0.2, -0.15) is 0 Å². The molecular formula is C22H26F2N4. The van der Waals surface area contributed by atoms with Gasteiger partial charge in [0.15, 0.2) is 17.6 Å². The van der Waals surface area contributed by atoms with Crippen molar-refractivity contribution < 1.29 is 8.78 Å². The summed E-state index contributed by atoms with van der Waals surface area (Å²) >= 11 is 0. The van der Waals surface area contributed by atoms with Crippen LogP contribution in [0.4, 0.5) is 14.5 Å². The van der Waals surface area contributed by atoms with Crippen molar-refractivity contribution in [3.05, 3.63) is 77.4 Å². The summed E-state index contributed by atoms with van der Waals surface area (Å²) < 4.78 is 26.7. The number of benzene rings is 2. The van der Waals surface area contributed by atoms with Crippen LogP contribution in [0.5, 0.6) is 0 Å². The van der Waals surface area contributed by atoms with Crippen LogP contribution in [-0.2, 0) is 6.54 Å². The average Bonchev–Trinajstić information content (AvgIpc) is 3.23. The van der Waals surface area contributed by atoms with Crippen molar-refractivity contribution in [1.82, 2.24) is 10.6 Å². The Hall–Kier alpha value is -2.89. The van der Waals surface area contributed by atoms with Crippen molar-refractivity contribution in [3.63, 3.8) is 0 Å². The standard InChI is InChI=1S/C22H26F2N4/c1-3-25-22(27-16(2)18-9-10-20(23)21(24)14-18)26-15-17-7-6-8-19(13-17)28-11-4-5-12-28/h4-10,13-14,16H,3,11-12,15H2,1-2H3,(H2,25,26,27). The summed E-state index contributed by atoms with van der Waals surface area (Å²) in [6.07, 6.45) is 4.33. The van der Waals surface area contributed by atoms with Gasteiger partial charge in [0.1, 0.15) is 0 Å². The van der Waals surface area contributed by atoms with Crippen LogP contribution >= 0.6 is 0 Å². The molecule has 0 radical (unpaired) electrons. The van der Waals surface area contributed by atoms with E-state index < -0.39 is 11.6 Å². The quantitative estimate of drug-likeness (QED) is 0.446. The van der Waals surface area contributed by atoms with Crippen molar-refractivity contribution in [1.29, 1.82) is 0 Å². The number of rotatable bonds is 6. The molecule has 0 bridgehead atoms. The first kappa shape index (κ1) is 19.9. The van der Waals surface area contributed by atoms with Crippen LogP contribution in [0.3, 0.4) is 0 Å². The summed E-state index contributed by atoms with van der Waals surface area (Å²) in [7, 11) is 0. The first-order valence-electron chi connectivity index (χ1n) is 9.55. The summed E-state index contributed by atoms with van der Waals surface area (Å²) in [5.74, 6) is -1.06. The van der Waals surface area contributed by atoms with Gasteiger partial charge >= 0.3 is 0 Å². The molecule has 0 aromatic heterocycles. The fraction of sp³-hybridized carbons (Fsp3) is 0.318. The Labute approximate surface area is 165 Å². The van der Waals surface area contributed by atoms with Gasteiger partial charge in [-0.05, 0) is 49.2 Å². The van der Waals surface area contributed by atoms with E-state index >= 15 is 0 Å². The van der Waals surface area contributed by atoms with Crippen molar-refractivity contribution in [2.45, 2.75) is 26.4 Å². The Bertz CT molecular complexity index is 855. The third-order valence-corrected chi connectivity index (χ3v) is 4.65. The smallest absolute Gasteiger partial charge is 0.192 e. The first-order chi connectivity index (χ1) is 13.6. The molecule has 0 amide bonds. The second-order valence-electron chi connectivity index (χ2n) is 6.78. The second-order valence-corrected chi connectivity index (χ2v) is 6.78. The van der Waals surface area contributed by atoms with E-state index in [-0.39, 0.29) is 6.04 Å². The van der Waals surface area contributed by atoms with Gasteiger partial charge in [0, 0.05) is 25.3 Å². The van der Waals surface area contributed by atoms with Crippen molar-refractivity contribution in [2.75, 3.05) is 24.5 Å². The zero-order chi connectivity index (χ0) is 19.9. The zero-order valence-electron chi connectivity index (χ0n) is 16.3. The Morgan fingerprint density at radius 3 is 2.61 bits per heavy atom. The summed E-state index contributed by atoms with van der Waals surface area (Å²) in [6, 6.07) is 12.1. The fourth-order valence-electron chi connectivity index (χ4n) is 3.10. The van der Waals surface area contributed by atoms with E-state index in [2.05, 4.69) is 50.9 Å². The van der Waals surface area contributed by atoms with E-state index in [1.165, 1.54) is 11.8 Å². The van der Waals surface area contributed by atoms with Crippen molar-refractivity contribution in [3.8, 4) is 0 Å². The lowest BCUT2D eigenvalue weighted by Crippen LogP contribution is -2.38. The molecule has 1 aliphatic heterocycles. The molecule has 1 aliphatic rings. The van der Waals surface area contributed by atoms with E-state index in [1.807, 2.05) is 19.9 Å². The molecule has 0 saturated heterocycles. The molecular weight excluding hydrogens is 358 g/mol. The molecule has 6 heteroatoms. The van der Waals surface area contributed by atoms with Crippen LogP contribution in [0.15, 0.2) is 59.6 Å². The number of nitrogens with one attached hydrogen (secondary N) is 2. The highest BCUT2D eigenvalue weighted by atomic mass is 19.2. The Kier molecular flexibility index (Phi) is 6.63. The average molecular weight is 384 g/mol. The van der Waals surface area contributed by atoms with Gasteiger partial charge in [0.05, 0.1) is 12.6 Å². The first-order valence-corrected chi connectivity index (χ1v) is 9.55. The molecule has 0 spiro atoms. The maximum atomic E-state index is 13.5. The summed E-state index contributed by atoms with van der Waals surface area (Å²) in [5.41, 5.74) is 2.96. The number of anilines is 1. The fourth-order valence-corrected chi connectivity index (χ4v) is 3.10. The molecule has 2 aromatic carbocycles. The molecule has 0 aliphatic carbocycles.